The highest BCUT2D eigenvalue weighted by atomic mass is 28.4. The SMILES string of the molecule is COC(=O)C[C@@H]1C[C@H](CCO[Si](C)(C)C(C)(C)C)OC(C)(C)O1. The Morgan fingerprint density at radius 1 is 1.22 bits per heavy atom. The van der Waals surface area contributed by atoms with E-state index in [9.17, 15) is 4.79 Å². The van der Waals surface area contributed by atoms with Crippen LogP contribution < -0.4 is 0 Å². The molecule has 1 rings (SSSR count). The van der Waals surface area contributed by atoms with Crippen molar-refractivity contribution in [2.45, 2.75) is 90.0 Å². The molecule has 0 saturated carbocycles. The lowest BCUT2D eigenvalue weighted by molar-refractivity contribution is -0.301. The molecule has 1 saturated heterocycles. The highest BCUT2D eigenvalue weighted by Gasteiger charge is 2.39. The Hall–Kier alpha value is -0.433. The molecular formula is C17H34O5Si. The third-order valence-corrected chi connectivity index (χ3v) is 9.30. The van der Waals surface area contributed by atoms with Gasteiger partial charge in [0.05, 0.1) is 25.7 Å². The highest BCUT2D eigenvalue weighted by Crippen LogP contribution is 2.37. The number of esters is 1. The van der Waals surface area contributed by atoms with E-state index in [1.165, 1.54) is 7.11 Å². The fourth-order valence-corrected chi connectivity index (χ4v) is 3.51. The van der Waals surface area contributed by atoms with Gasteiger partial charge in [0.25, 0.3) is 0 Å². The van der Waals surface area contributed by atoms with E-state index in [2.05, 4.69) is 33.9 Å². The lowest BCUT2D eigenvalue weighted by Gasteiger charge is -2.41. The van der Waals surface area contributed by atoms with Gasteiger partial charge in [0.15, 0.2) is 14.1 Å². The van der Waals surface area contributed by atoms with E-state index in [0.29, 0.717) is 13.0 Å². The van der Waals surface area contributed by atoms with Crippen LogP contribution >= 0.6 is 0 Å². The monoisotopic (exact) mass is 346 g/mol. The molecule has 0 aliphatic carbocycles. The van der Waals surface area contributed by atoms with Crippen LogP contribution in [0.4, 0.5) is 0 Å². The van der Waals surface area contributed by atoms with Gasteiger partial charge in [-0.15, -0.1) is 0 Å². The van der Waals surface area contributed by atoms with Crippen molar-refractivity contribution in [2.24, 2.45) is 0 Å². The van der Waals surface area contributed by atoms with Gasteiger partial charge in [-0.05, 0) is 38.4 Å². The Labute approximate surface area is 142 Å². The van der Waals surface area contributed by atoms with E-state index in [0.717, 1.165) is 6.42 Å². The predicted molar refractivity (Wildman–Crippen MR) is 92.8 cm³/mol. The van der Waals surface area contributed by atoms with Crippen LogP contribution in [-0.4, -0.2) is 46.0 Å². The van der Waals surface area contributed by atoms with Crippen LogP contribution in [0.15, 0.2) is 0 Å². The molecule has 0 radical (unpaired) electrons. The number of rotatable bonds is 6. The number of ether oxygens (including phenoxy) is 3. The van der Waals surface area contributed by atoms with Crippen molar-refractivity contribution >= 4 is 14.3 Å². The Morgan fingerprint density at radius 3 is 2.30 bits per heavy atom. The van der Waals surface area contributed by atoms with Crippen LogP contribution in [0, 0.1) is 0 Å². The lowest BCUT2D eigenvalue weighted by Crippen LogP contribution is -2.46. The number of methoxy groups -OCH3 is 1. The minimum absolute atomic E-state index is 0.0400. The van der Waals surface area contributed by atoms with Gasteiger partial charge >= 0.3 is 5.97 Å². The maximum atomic E-state index is 11.5. The van der Waals surface area contributed by atoms with Crippen molar-refractivity contribution in [1.82, 2.24) is 0 Å². The zero-order chi connectivity index (χ0) is 17.9. The molecule has 5 nitrogen and oxygen atoms in total. The first-order valence-corrected chi connectivity index (χ1v) is 11.3. The molecule has 136 valence electrons. The van der Waals surface area contributed by atoms with Gasteiger partial charge in [0, 0.05) is 13.0 Å². The maximum absolute atomic E-state index is 11.5. The van der Waals surface area contributed by atoms with Gasteiger partial charge in [0.2, 0.25) is 0 Å². The Balaban J connectivity index is 2.54. The smallest absolute Gasteiger partial charge is 0.308 e. The molecule has 0 unspecified atom stereocenters. The summed E-state index contributed by atoms with van der Waals surface area (Å²) in [5.74, 6) is -0.928. The molecule has 23 heavy (non-hydrogen) atoms. The summed E-state index contributed by atoms with van der Waals surface area (Å²) >= 11 is 0. The van der Waals surface area contributed by atoms with Crippen LogP contribution in [-0.2, 0) is 23.4 Å². The van der Waals surface area contributed by atoms with Gasteiger partial charge in [-0.3, -0.25) is 4.79 Å². The zero-order valence-corrected chi connectivity index (χ0v) is 17.0. The molecule has 0 aromatic heterocycles. The summed E-state index contributed by atoms with van der Waals surface area (Å²) in [7, 11) is -0.335. The molecule has 1 heterocycles. The van der Waals surface area contributed by atoms with E-state index >= 15 is 0 Å². The molecule has 6 heteroatoms. The van der Waals surface area contributed by atoms with Crippen molar-refractivity contribution < 1.29 is 23.4 Å². The Morgan fingerprint density at radius 2 is 1.78 bits per heavy atom. The summed E-state index contributed by atoms with van der Waals surface area (Å²) in [6, 6.07) is 0. The quantitative estimate of drug-likeness (QED) is 0.540. The minimum Gasteiger partial charge on any atom is -0.469 e. The summed E-state index contributed by atoms with van der Waals surface area (Å²) in [5, 5.41) is 0.205. The molecule has 0 amide bonds. The van der Waals surface area contributed by atoms with E-state index in [4.69, 9.17) is 18.6 Å². The first-order chi connectivity index (χ1) is 10.4. The topological polar surface area (TPSA) is 54.0 Å². The highest BCUT2D eigenvalue weighted by molar-refractivity contribution is 6.74. The number of carbonyl (C=O) groups excluding carboxylic acids is 1. The number of hydrogen-bond donors (Lipinski definition) is 0. The molecule has 0 bridgehead atoms. The predicted octanol–water partition coefficient (Wildman–Crippen LogP) is 3.87. The summed E-state index contributed by atoms with van der Waals surface area (Å²) in [6.07, 6.45) is 1.65. The first kappa shape index (κ1) is 20.6. The summed E-state index contributed by atoms with van der Waals surface area (Å²) in [4.78, 5) is 11.5. The average Bonchev–Trinajstić information content (AvgIpc) is 2.34. The van der Waals surface area contributed by atoms with Crippen LogP contribution in [0.1, 0.15) is 53.9 Å². The molecule has 0 spiro atoms. The Kier molecular flexibility index (Phi) is 6.84. The fraction of sp³-hybridized carbons (Fsp3) is 0.941. The third kappa shape index (κ3) is 6.53. The van der Waals surface area contributed by atoms with Crippen LogP contribution in [0.5, 0.6) is 0 Å². The third-order valence-electron chi connectivity index (χ3n) is 4.76. The second kappa shape index (κ2) is 7.63. The van der Waals surface area contributed by atoms with Crippen molar-refractivity contribution in [2.75, 3.05) is 13.7 Å². The molecule has 1 aliphatic heterocycles. The van der Waals surface area contributed by atoms with Crippen LogP contribution in [0.2, 0.25) is 18.1 Å². The molecule has 1 aliphatic rings. The standard InChI is InChI=1S/C17H34O5Si/c1-16(2,3)23(7,8)20-10-9-13-11-14(12-15(18)19-6)22-17(4,5)21-13/h13-14H,9-12H2,1-8H3/t13-,14-/m0/s1. The second-order valence-electron chi connectivity index (χ2n) is 8.29. The van der Waals surface area contributed by atoms with Gasteiger partial charge in [-0.1, -0.05) is 20.8 Å². The average molecular weight is 347 g/mol. The van der Waals surface area contributed by atoms with E-state index in [1.807, 2.05) is 13.8 Å². The van der Waals surface area contributed by atoms with E-state index in [-0.39, 0.29) is 29.6 Å². The molecule has 2 atom stereocenters. The van der Waals surface area contributed by atoms with Crippen LogP contribution in [0.25, 0.3) is 0 Å². The second-order valence-corrected chi connectivity index (χ2v) is 13.1. The summed E-state index contributed by atoms with van der Waals surface area (Å²) in [6.45, 7) is 15.7. The van der Waals surface area contributed by atoms with E-state index < -0.39 is 14.1 Å². The van der Waals surface area contributed by atoms with Crippen LogP contribution in [0.3, 0.4) is 0 Å². The van der Waals surface area contributed by atoms with Gasteiger partial charge in [-0.2, -0.15) is 0 Å². The maximum Gasteiger partial charge on any atom is 0.308 e. The zero-order valence-electron chi connectivity index (χ0n) is 16.0. The van der Waals surface area contributed by atoms with Gasteiger partial charge < -0.3 is 18.6 Å². The molecule has 0 aromatic carbocycles. The number of hydrogen-bond acceptors (Lipinski definition) is 5. The van der Waals surface area contributed by atoms with Crippen molar-refractivity contribution in [3.63, 3.8) is 0 Å². The summed E-state index contributed by atoms with van der Waals surface area (Å²) < 4.78 is 22.8. The normalized spacial score (nSPS) is 25.2. The first-order valence-electron chi connectivity index (χ1n) is 8.43. The molecule has 0 N–H and O–H groups in total. The fourth-order valence-electron chi connectivity index (χ4n) is 2.45. The molecular weight excluding hydrogens is 312 g/mol. The van der Waals surface area contributed by atoms with Gasteiger partial charge in [-0.25, -0.2) is 0 Å². The lowest BCUT2D eigenvalue weighted by atomic mass is 10.0. The van der Waals surface area contributed by atoms with Crippen molar-refractivity contribution in [3.05, 3.63) is 0 Å². The van der Waals surface area contributed by atoms with E-state index in [1.54, 1.807) is 0 Å². The molecule has 0 aromatic rings. The Bertz CT molecular complexity index is 400. The largest absolute Gasteiger partial charge is 0.469 e. The summed E-state index contributed by atoms with van der Waals surface area (Å²) in [5.41, 5.74) is 0. The van der Waals surface area contributed by atoms with Gasteiger partial charge in [0.1, 0.15) is 0 Å². The van der Waals surface area contributed by atoms with Crippen molar-refractivity contribution in [1.29, 1.82) is 0 Å². The minimum atomic E-state index is -1.74. The molecule has 1 fully saturated rings. The number of carbonyl (C=O) groups is 1. The van der Waals surface area contributed by atoms with Crippen molar-refractivity contribution in [3.8, 4) is 0 Å².